The Morgan fingerprint density at radius 2 is 2.19 bits per heavy atom. The molecule has 0 unspecified atom stereocenters. The minimum absolute atomic E-state index is 0.278. The van der Waals surface area contributed by atoms with Gasteiger partial charge in [-0.3, -0.25) is 9.20 Å². The highest BCUT2D eigenvalue weighted by molar-refractivity contribution is 9.10. The Balaban J connectivity index is 1.97. The van der Waals surface area contributed by atoms with Gasteiger partial charge in [0.05, 0.1) is 4.47 Å². The van der Waals surface area contributed by atoms with Crippen LogP contribution in [0.25, 0.3) is 5.65 Å². The highest BCUT2D eigenvalue weighted by Gasteiger charge is 2.13. The van der Waals surface area contributed by atoms with Crippen molar-refractivity contribution in [3.63, 3.8) is 0 Å². The summed E-state index contributed by atoms with van der Waals surface area (Å²) in [7, 11) is 0. The monoisotopic (exact) mass is 347 g/mol. The SMILES string of the molecule is Cc1cc(F)c(Br)cc1NC(=O)c1cccc2nccn12. The summed E-state index contributed by atoms with van der Waals surface area (Å²) in [4.78, 5) is 16.5. The first-order valence-electron chi connectivity index (χ1n) is 6.25. The van der Waals surface area contributed by atoms with E-state index in [0.717, 1.165) is 0 Å². The summed E-state index contributed by atoms with van der Waals surface area (Å²) < 4.78 is 15.4. The molecule has 3 rings (SSSR count). The molecule has 3 aromatic rings. The maximum absolute atomic E-state index is 13.4. The third-order valence-electron chi connectivity index (χ3n) is 3.18. The Morgan fingerprint density at radius 3 is 3.00 bits per heavy atom. The average Bonchev–Trinajstić information content (AvgIpc) is 2.92. The molecule has 4 nitrogen and oxygen atoms in total. The minimum atomic E-state index is -0.359. The molecule has 21 heavy (non-hydrogen) atoms. The van der Waals surface area contributed by atoms with Crippen molar-refractivity contribution in [1.29, 1.82) is 0 Å². The summed E-state index contributed by atoms with van der Waals surface area (Å²) in [5.41, 5.74) is 2.37. The van der Waals surface area contributed by atoms with Gasteiger partial charge in [-0.1, -0.05) is 6.07 Å². The van der Waals surface area contributed by atoms with Gasteiger partial charge in [-0.05, 0) is 52.7 Å². The van der Waals surface area contributed by atoms with Crippen molar-refractivity contribution < 1.29 is 9.18 Å². The molecule has 1 amide bonds. The van der Waals surface area contributed by atoms with Crippen LogP contribution in [0.5, 0.6) is 0 Å². The summed E-state index contributed by atoms with van der Waals surface area (Å²) in [6, 6.07) is 8.22. The van der Waals surface area contributed by atoms with Gasteiger partial charge in [0, 0.05) is 18.1 Å². The van der Waals surface area contributed by atoms with Gasteiger partial charge in [0.25, 0.3) is 5.91 Å². The smallest absolute Gasteiger partial charge is 0.272 e. The topological polar surface area (TPSA) is 46.4 Å². The van der Waals surface area contributed by atoms with Gasteiger partial charge in [0.2, 0.25) is 0 Å². The largest absolute Gasteiger partial charge is 0.320 e. The molecule has 2 heterocycles. The van der Waals surface area contributed by atoms with Crippen molar-refractivity contribution in [2.75, 3.05) is 5.32 Å². The number of hydrogen-bond donors (Lipinski definition) is 1. The second kappa shape index (κ2) is 5.29. The van der Waals surface area contributed by atoms with E-state index < -0.39 is 0 Å². The molecule has 106 valence electrons. The Bertz CT molecular complexity index is 844. The predicted molar refractivity (Wildman–Crippen MR) is 82.0 cm³/mol. The van der Waals surface area contributed by atoms with Crippen molar-refractivity contribution in [3.05, 3.63) is 64.3 Å². The lowest BCUT2D eigenvalue weighted by atomic mass is 10.2. The predicted octanol–water partition coefficient (Wildman–Crippen LogP) is 3.80. The zero-order valence-electron chi connectivity index (χ0n) is 11.1. The number of fused-ring (bicyclic) bond motifs is 1. The Labute approximate surface area is 128 Å². The first kappa shape index (κ1) is 13.8. The van der Waals surface area contributed by atoms with Gasteiger partial charge < -0.3 is 5.32 Å². The van der Waals surface area contributed by atoms with Gasteiger partial charge in [-0.15, -0.1) is 0 Å². The van der Waals surface area contributed by atoms with Crippen molar-refractivity contribution in [1.82, 2.24) is 9.38 Å². The van der Waals surface area contributed by atoms with Gasteiger partial charge in [-0.25, -0.2) is 9.37 Å². The van der Waals surface area contributed by atoms with Crippen LogP contribution in [-0.2, 0) is 0 Å². The molecule has 0 saturated carbocycles. The number of benzene rings is 1. The van der Waals surface area contributed by atoms with Crippen molar-refractivity contribution in [2.24, 2.45) is 0 Å². The van der Waals surface area contributed by atoms with Crippen LogP contribution in [0.3, 0.4) is 0 Å². The number of rotatable bonds is 2. The first-order valence-corrected chi connectivity index (χ1v) is 7.04. The van der Waals surface area contributed by atoms with E-state index in [-0.39, 0.29) is 11.7 Å². The highest BCUT2D eigenvalue weighted by atomic mass is 79.9. The fourth-order valence-corrected chi connectivity index (χ4v) is 2.44. The van der Waals surface area contributed by atoms with Crippen molar-refractivity contribution in [3.8, 4) is 0 Å². The zero-order chi connectivity index (χ0) is 15.0. The summed E-state index contributed by atoms with van der Waals surface area (Å²) in [5, 5.41) is 2.79. The molecule has 1 aromatic carbocycles. The average molecular weight is 348 g/mol. The third-order valence-corrected chi connectivity index (χ3v) is 3.78. The lowest BCUT2D eigenvalue weighted by Gasteiger charge is -2.10. The number of anilines is 1. The van der Waals surface area contributed by atoms with Crippen LogP contribution >= 0.6 is 15.9 Å². The second-order valence-electron chi connectivity index (χ2n) is 4.60. The Morgan fingerprint density at radius 1 is 1.38 bits per heavy atom. The number of amides is 1. The van der Waals surface area contributed by atoms with E-state index in [0.29, 0.717) is 27.1 Å². The summed E-state index contributed by atoms with van der Waals surface area (Å²) in [6.07, 6.45) is 3.35. The van der Waals surface area contributed by atoms with E-state index in [1.165, 1.54) is 6.07 Å². The molecule has 0 saturated heterocycles. The van der Waals surface area contributed by atoms with E-state index in [4.69, 9.17) is 0 Å². The quantitative estimate of drug-likeness (QED) is 0.766. The van der Waals surface area contributed by atoms with Crippen molar-refractivity contribution in [2.45, 2.75) is 6.92 Å². The normalized spacial score (nSPS) is 10.8. The fraction of sp³-hybridized carbons (Fsp3) is 0.0667. The summed E-state index contributed by atoms with van der Waals surface area (Å²) in [5.74, 6) is -0.637. The number of aryl methyl sites for hydroxylation is 1. The Hall–Kier alpha value is -2.21. The number of imidazole rings is 1. The van der Waals surface area contributed by atoms with E-state index in [2.05, 4.69) is 26.2 Å². The molecule has 2 aromatic heterocycles. The summed E-state index contributed by atoms with van der Waals surface area (Å²) >= 11 is 3.12. The number of carbonyl (C=O) groups is 1. The zero-order valence-corrected chi connectivity index (χ0v) is 12.7. The van der Waals surface area contributed by atoms with E-state index in [9.17, 15) is 9.18 Å². The molecule has 0 fully saturated rings. The van der Waals surface area contributed by atoms with Crippen LogP contribution in [0.4, 0.5) is 10.1 Å². The number of aromatic nitrogens is 2. The van der Waals surface area contributed by atoms with Gasteiger partial charge >= 0.3 is 0 Å². The first-order chi connectivity index (χ1) is 10.1. The molecule has 1 N–H and O–H groups in total. The highest BCUT2D eigenvalue weighted by Crippen LogP contribution is 2.24. The van der Waals surface area contributed by atoms with Gasteiger partial charge in [-0.2, -0.15) is 0 Å². The van der Waals surface area contributed by atoms with Crippen LogP contribution in [0.2, 0.25) is 0 Å². The van der Waals surface area contributed by atoms with Crippen LogP contribution in [0.1, 0.15) is 16.1 Å². The lowest BCUT2D eigenvalue weighted by Crippen LogP contribution is -2.16. The molecule has 6 heteroatoms. The maximum Gasteiger partial charge on any atom is 0.272 e. The molecular formula is C15H11BrFN3O. The third kappa shape index (κ3) is 2.54. The number of hydrogen-bond acceptors (Lipinski definition) is 2. The summed E-state index contributed by atoms with van der Waals surface area (Å²) in [6.45, 7) is 1.74. The van der Waals surface area contributed by atoms with E-state index in [1.807, 2.05) is 6.07 Å². The number of nitrogens with zero attached hydrogens (tertiary/aromatic N) is 2. The van der Waals surface area contributed by atoms with Crippen LogP contribution in [0.15, 0.2) is 47.2 Å². The fourth-order valence-electron chi connectivity index (χ4n) is 2.10. The molecule has 0 atom stereocenters. The molecule has 0 bridgehead atoms. The Kier molecular flexibility index (Phi) is 3.47. The minimum Gasteiger partial charge on any atom is -0.320 e. The van der Waals surface area contributed by atoms with Crippen LogP contribution in [0, 0.1) is 12.7 Å². The molecule has 0 aliphatic carbocycles. The van der Waals surface area contributed by atoms with E-state index >= 15 is 0 Å². The van der Waals surface area contributed by atoms with Gasteiger partial charge in [0.1, 0.15) is 17.2 Å². The van der Waals surface area contributed by atoms with Crippen LogP contribution in [-0.4, -0.2) is 15.3 Å². The molecule has 0 spiro atoms. The van der Waals surface area contributed by atoms with E-state index in [1.54, 1.807) is 41.9 Å². The van der Waals surface area contributed by atoms with Crippen molar-refractivity contribution >= 4 is 33.2 Å². The lowest BCUT2D eigenvalue weighted by molar-refractivity contribution is 0.102. The standard InChI is InChI=1S/C15H11BrFN3O/c1-9-7-11(17)10(16)8-12(9)19-15(21)13-3-2-4-14-18-5-6-20(13)14/h2-8H,1H3,(H,19,21). The maximum atomic E-state index is 13.4. The second-order valence-corrected chi connectivity index (χ2v) is 5.46. The number of halogens is 2. The van der Waals surface area contributed by atoms with Gasteiger partial charge in [0.15, 0.2) is 0 Å². The molecule has 0 radical (unpaired) electrons. The number of carbonyl (C=O) groups excluding carboxylic acids is 1. The molecule has 0 aliphatic heterocycles. The number of nitrogens with one attached hydrogen (secondary N) is 1. The molecular weight excluding hydrogens is 337 g/mol. The van der Waals surface area contributed by atoms with Crippen LogP contribution < -0.4 is 5.32 Å². The number of pyridine rings is 1. The molecule has 0 aliphatic rings.